The van der Waals surface area contributed by atoms with Crippen molar-refractivity contribution in [3.05, 3.63) is 88.1 Å². The summed E-state index contributed by atoms with van der Waals surface area (Å²) in [5.41, 5.74) is 6.77. The summed E-state index contributed by atoms with van der Waals surface area (Å²) in [5.74, 6) is 7.86. The Balaban J connectivity index is 0.780. The van der Waals surface area contributed by atoms with Gasteiger partial charge in [0.2, 0.25) is 17.8 Å². The Hall–Kier alpha value is -5.41. The number of imide groups is 1. The second-order valence-electron chi connectivity index (χ2n) is 18.4. The number of piperidine rings is 3. The molecule has 1 atom stereocenters. The molecule has 1 saturated carbocycles. The van der Waals surface area contributed by atoms with Crippen molar-refractivity contribution in [1.82, 2.24) is 25.1 Å². The molecule has 1 aromatic heterocycles. The SMILES string of the molecule is COc1cc(N2CCC3(CCN(CCCC#Cc4cccc5c4CN(C4CCC(=O)NC4=O)C5=O)CC3)CC2)c(C2CC2)cc1Nc1ncc(Cl)c(Nc2ccccc2P(C)(C)=O)n1. The minimum absolute atomic E-state index is 0.172. The highest BCUT2D eigenvalue weighted by Gasteiger charge is 2.41. The van der Waals surface area contributed by atoms with Gasteiger partial charge >= 0.3 is 0 Å². The first kappa shape index (κ1) is 43.8. The van der Waals surface area contributed by atoms with Crippen LogP contribution in [0.1, 0.15) is 97.2 Å². The van der Waals surface area contributed by atoms with Crippen molar-refractivity contribution in [2.24, 2.45) is 5.41 Å². The number of nitrogens with one attached hydrogen (secondary N) is 3. The summed E-state index contributed by atoms with van der Waals surface area (Å²) in [6.45, 7) is 9.09. The van der Waals surface area contributed by atoms with Crippen LogP contribution in [0.2, 0.25) is 5.02 Å². The molecule has 3 amide bonds. The van der Waals surface area contributed by atoms with Gasteiger partial charge in [0, 0.05) is 60.7 Å². The van der Waals surface area contributed by atoms with E-state index in [1.165, 1.54) is 49.8 Å². The first-order valence-electron chi connectivity index (χ1n) is 22.5. The van der Waals surface area contributed by atoms with Gasteiger partial charge < -0.3 is 34.6 Å². The van der Waals surface area contributed by atoms with Crippen LogP contribution in [0.3, 0.4) is 0 Å². The maximum atomic E-state index is 13.2. The maximum absolute atomic E-state index is 13.2. The Bertz CT molecular complexity index is 2580. The molecule has 0 radical (unpaired) electrons. The van der Waals surface area contributed by atoms with Gasteiger partial charge in [-0.1, -0.05) is 41.6 Å². The number of methoxy groups -OCH3 is 1. The first-order valence-corrected chi connectivity index (χ1v) is 25.5. The zero-order chi connectivity index (χ0) is 44.6. The number of aromatic nitrogens is 2. The number of hydrogen-bond donors (Lipinski definition) is 3. The number of likely N-dealkylation sites (tertiary alicyclic amines) is 1. The Morgan fingerprint density at radius 3 is 2.45 bits per heavy atom. The van der Waals surface area contributed by atoms with Crippen molar-refractivity contribution in [3.8, 4) is 17.6 Å². The van der Waals surface area contributed by atoms with Gasteiger partial charge in [-0.2, -0.15) is 4.98 Å². The van der Waals surface area contributed by atoms with E-state index in [9.17, 15) is 18.9 Å². The highest BCUT2D eigenvalue weighted by molar-refractivity contribution is 7.70. The second-order valence-corrected chi connectivity index (χ2v) is 22.0. The number of benzene rings is 3. The zero-order valence-electron chi connectivity index (χ0n) is 36.8. The van der Waals surface area contributed by atoms with Gasteiger partial charge in [0.1, 0.15) is 24.0 Å². The third-order valence-electron chi connectivity index (χ3n) is 13.8. The van der Waals surface area contributed by atoms with Crippen molar-refractivity contribution >= 4 is 70.6 Å². The quantitative estimate of drug-likeness (QED) is 0.0550. The molecule has 3 N–H and O–H groups in total. The fourth-order valence-corrected chi connectivity index (χ4v) is 11.2. The molecule has 4 fully saturated rings. The molecule has 64 heavy (non-hydrogen) atoms. The van der Waals surface area contributed by atoms with Crippen LogP contribution in [0.25, 0.3) is 0 Å². The molecule has 3 saturated heterocycles. The van der Waals surface area contributed by atoms with Crippen LogP contribution in [0, 0.1) is 17.3 Å². The van der Waals surface area contributed by atoms with Crippen molar-refractivity contribution in [2.45, 2.75) is 82.7 Å². The maximum Gasteiger partial charge on any atom is 0.255 e. The van der Waals surface area contributed by atoms with Gasteiger partial charge in [-0.05, 0) is 137 Å². The Morgan fingerprint density at radius 2 is 1.72 bits per heavy atom. The molecule has 1 unspecified atom stereocenters. The Kier molecular flexibility index (Phi) is 12.5. The fraction of sp³-hybridized carbons (Fsp3) is 0.449. The molecule has 3 aromatic carbocycles. The number of amides is 3. The van der Waals surface area contributed by atoms with E-state index in [4.69, 9.17) is 21.3 Å². The lowest BCUT2D eigenvalue weighted by atomic mass is 9.71. The summed E-state index contributed by atoms with van der Waals surface area (Å²) in [6, 6.07) is 16.9. The molecule has 1 spiro atoms. The van der Waals surface area contributed by atoms with Gasteiger partial charge in [0.25, 0.3) is 5.91 Å². The van der Waals surface area contributed by atoms with Crippen molar-refractivity contribution < 1.29 is 23.7 Å². The smallest absolute Gasteiger partial charge is 0.255 e. The number of carbonyl (C=O) groups is 3. The van der Waals surface area contributed by atoms with Crippen molar-refractivity contribution in [3.63, 3.8) is 0 Å². The number of hydrogen-bond acceptors (Lipinski definition) is 11. The fourth-order valence-electron chi connectivity index (χ4n) is 9.88. The average molecular weight is 903 g/mol. The highest BCUT2D eigenvalue weighted by atomic mass is 35.5. The van der Waals surface area contributed by atoms with E-state index in [1.54, 1.807) is 37.6 Å². The molecule has 334 valence electrons. The molecule has 4 aromatic rings. The predicted molar refractivity (Wildman–Crippen MR) is 252 cm³/mol. The standard InChI is InChI=1S/C49H56ClN8O5P/c1-63-42-29-41(35(33-15-16-33)28-39(42)53-48-51-30-37(50)45(55-48)52-38-13-6-7-14-43(38)64(2,3)62)57-26-21-49(22-27-57)19-24-56(25-20-49)23-8-4-5-10-32-11-9-12-34-36(32)31-58(47(34)61)40-17-18-44(59)54-46(40)60/h6-7,9,11-14,28-30,33,40H,4,8,15-27,31H2,1-3H3,(H,54,59,60)(H2,51,52,53,55). The minimum atomic E-state index is -2.56. The number of para-hydroxylation sites is 1. The molecule has 13 nitrogen and oxygen atoms in total. The highest BCUT2D eigenvalue weighted by Crippen LogP contribution is 2.50. The van der Waals surface area contributed by atoms with Gasteiger partial charge in [-0.15, -0.1) is 0 Å². The number of rotatable bonds is 12. The Labute approximate surface area is 380 Å². The lowest BCUT2D eigenvalue weighted by molar-refractivity contribution is -0.136. The van der Waals surface area contributed by atoms with E-state index >= 15 is 0 Å². The molecule has 4 aliphatic heterocycles. The lowest BCUT2D eigenvalue weighted by Gasteiger charge is -2.47. The Morgan fingerprint density at radius 1 is 0.953 bits per heavy atom. The average Bonchev–Trinajstić information content (AvgIpc) is 4.08. The molecule has 9 rings (SSSR count). The molecular formula is C49H56ClN8O5P. The van der Waals surface area contributed by atoms with Crippen molar-refractivity contribution in [1.29, 1.82) is 0 Å². The van der Waals surface area contributed by atoms with E-state index < -0.39 is 19.1 Å². The van der Waals surface area contributed by atoms with Gasteiger partial charge in [0.05, 0.1) is 24.7 Å². The van der Waals surface area contributed by atoms with Gasteiger partial charge in [0.15, 0.2) is 5.82 Å². The zero-order valence-corrected chi connectivity index (χ0v) is 38.5. The van der Waals surface area contributed by atoms with Crippen LogP contribution in [0.4, 0.5) is 28.8 Å². The van der Waals surface area contributed by atoms with E-state index in [-0.39, 0.29) is 18.2 Å². The van der Waals surface area contributed by atoms with Crippen molar-refractivity contribution in [2.75, 3.05) is 68.7 Å². The number of carbonyl (C=O) groups excluding carboxylic acids is 3. The summed E-state index contributed by atoms with van der Waals surface area (Å²) in [7, 11) is -0.856. The molecule has 5 heterocycles. The van der Waals surface area contributed by atoms with Crippen LogP contribution < -0.4 is 30.9 Å². The molecular weight excluding hydrogens is 847 g/mol. The number of halogens is 1. The third kappa shape index (κ3) is 9.37. The van der Waals surface area contributed by atoms with E-state index in [2.05, 4.69) is 54.7 Å². The second kappa shape index (κ2) is 18.2. The molecule has 1 aliphatic carbocycles. The topological polar surface area (TPSA) is 149 Å². The minimum Gasteiger partial charge on any atom is -0.494 e. The number of nitrogens with zero attached hydrogens (tertiary/aromatic N) is 5. The monoisotopic (exact) mass is 902 g/mol. The van der Waals surface area contributed by atoms with Gasteiger partial charge in [-0.3, -0.25) is 19.7 Å². The summed E-state index contributed by atoms with van der Waals surface area (Å²) < 4.78 is 19.0. The number of fused-ring (bicyclic) bond motifs is 1. The first-order chi connectivity index (χ1) is 30.9. The number of ether oxygens (including phenoxy) is 1. The largest absolute Gasteiger partial charge is 0.494 e. The van der Waals surface area contributed by atoms with Crippen LogP contribution >= 0.6 is 18.7 Å². The van der Waals surface area contributed by atoms with Crippen LogP contribution in [0.15, 0.2) is 60.8 Å². The van der Waals surface area contributed by atoms with Crippen LogP contribution in [-0.4, -0.2) is 96.7 Å². The summed E-state index contributed by atoms with van der Waals surface area (Å²) >= 11 is 6.56. The van der Waals surface area contributed by atoms with Crippen LogP contribution in [-0.2, 0) is 20.7 Å². The summed E-state index contributed by atoms with van der Waals surface area (Å²) in [4.78, 5) is 53.3. The predicted octanol–water partition coefficient (Wildman–Crippen LogP) is 8.03. The number of anilines is 5. The lowest BCUT2D eigenvalue weighted by Crippen LogP contribution is -2.52. The summed E-state index contributed by atoms with van der Waals surface area (Å²) in [5, 5.41) is 10.2. The molecule has 15 heteroatoms. The molecule has 0 bridgehead atoms. The summed E-state index contributed by atoms with van der Waals surface area (Å²) in [6.07, 6.45) is 11.0. The third-order valence-corrected chi connectivity index (χ3v) is 15.6. The van der Waals surface area contributed by atoms with E-state index in [0.29, 0.717) is 52.3 Å². The number of unbranched alkanes of at least 4 members (excludes halogenated alkanes) is 1. The van der Waals surface area contributed by atoms with Gasteiger partial charge in [-0.25, -0.2) is 4.98 Å². The van der Waals surface area contributed by atoms with E-state index in [0.717, 1.165) is 73.4 Å². The molecule has 5 aliphatic rings. The van der Waals surface area contributed by atoms with Crippen LogP contribution in [0.5, 0.6) is 5.75 Å². The normalized spacial score (nSPS) is 19.8. The van der Waals surface area contributed by atoms with E-state index in [1.807, 2.05) is 36.4 Å².